The average molecular weight is 232 g/mol. The first-order valence-corrected chi connectivity index (χ1v) is 5.19. The summed E-state index contributed by atoms with van der Waals surface area (Å²) in [5.41, 5.74) is 1.72. The molecule has 2 aromatic rings. The van der Waals surface area contributed by atoms with E-state index in [1.165, 1.54) is 0 Å². The quantitative estimate of drug-likeness (QED) is 0.817. The maximum absolute atomic E-state index is 10.3. The van der Waals surface area contributed by atoms with E-state index in [2.05, 4.69) is 10.5 Å². The van der Waals surface area contributed by atoms with Gasteiger partial charge in [-0.15, -0.1) is 0 Å². The Morgan fingerprint density at radius 3 is 2.82 bits per heavy atom. The SMILES string of the molecule is O=C(O)CNCc1cc(-c2ccccc2)no1. The average Bonchev–Trinajstić information content (AvgIpc) is 2.78. The minimum absolute atomic E-state index is 0.0959. The number of rotatable bonds is 5. The molecule has 1 aromatic heterocycles. The van der Waals surface area contributed by atoms with Crippen molar-refractivity contribution >= 4 is 5.97 Å². The Morgan fingerprint density at radius 2 is 2.12 bits per heavy atom. The van der Waals surface area contributed by atoms with Crippen LogP contribution in [0.4, 0.5) is 0 Å². The standard InChI is InChI=1S/C12H12N2O3/c15-12(16)8-13-7-10-6-11(14-17-10)9-4-2-1-3-5-9/h1-6,13H,7-8H2,(H,15,16). The summed E-state index contributed by atoms with van der Waals surface area (Å²) in [6.07, 6.45) is 0. The smallest absolute Gasteiger partial charge is 0.317 e. The summed E-state index contributed by atoms with van der Waals surface area (Å²) < 4.78 is 5.10. The van der Waals surface area contributed by atoms with E-state index >= 15 is 0 Å². The summed E-state index contributed by atoms with van der Waals surface area (Å²) >= 11 is 0. The maximum atomic E-state index is 10.3. The molecule has 0 atom stereocenters. The van der Waals surface area contributed by atoms with Crippen LogP contribution in [0.3, 0.4) is 0 Å². The van der Waals surface area contributed by atoms with Gasteiger partial charge in [0.2, 0.25) is 0 Å². The first-order chi connectivity index (χ1) is 8.25. The van der Waals surface area contributed by atoms with Gasteiger partial charge in [0.15, 0.2) is 5.76 Å². The van der Waals surface area contributed by atoms with Crippen LogP contribution < -0.4 is 5.32 Å². The molecular formula is C12H12N2O3. The highest BCUT2D eigenvalue weighted by Crippen LogP contribution is 2.18. The largest absolute Gasteiger partial charge is 0.480 e. The molecule has 5 heteroatoms. The molecule has 0 aliphatic carbocycles. The fourth-order valence-electron chi connectivity index (χ4n) is 1.43. The van der Waals surface area contributed by atoms with Crippen LogP contribution in [-0.4, -0.2) is 22.8 Å². The van der Waals surface area contributed by atoms with E-state index in [4.69, 9.17) is 9.63 Å². The lowest BCUT2D eigenvalue weighted by atomic mass is 10.1. The highest BCUT2D eigenvalue weighted by molar-refractivity contribution is 5.69. The second kappa shape index (κ2) is 5.27. The minimum Gasteiger partial charge on any atom is -0.480 e. The Bertz CT molecular complexity index is 493. The molecule has 0 bridgehead atoms. The van der Waals surface area contributed by atoms with Gasteiger partial charge in [0.25, 0.3) is 0 Å². The molecule has 0 amide bonds. The molecule has 2 rings (SSSR count). The van der Waals surface area contributed by atoms with E-state index in [1.807, 2.05) is 30.3 Å². The lowest BCUT2D eigenvalue weighted by Gasteiger charge is -1.95. The lowest BCUT2D eigenvalue weighted by molar-refractivity contribution is -0.136. The zero-order valence-corrected chi connectivity index (χ0v) is 9.09. The molecule has 0 saturated heterocycles. The van der Waals surface area contributed by atoms with Crippen molar-refractivity contribution in [1.82, 2.24) is 10.5 Å². The summed E-state index contributed by atoms with van der Waals surface area (Å²) in [6.45, 7) is 0.257. The van der Waals surface area contributed by atoms with Crippen molar-refractivity contribution in [1.29, 1.82) is 0 Å². The summed E-state index contributed by atoms with van der Waals surface area (Å²) in [7, 11) is 0. The molecule has 88 valence electrons. The summed E-state index contributed by atoms with van der Waals surface area (Å²) in [4.78, 5) is 10.3. The van der Waals surface area contributed by atoms with Crippen LogP contribution in [0.25, 0.3) is 11.3 Å². The van der Waals surface area contributed by atoms with Gasteiger partial charge in [-0.2, -0.15) is 0 Å². The topological polar surface area (TPSA) is 75.4 Å². The fraction of sp³-hybridized carbons (Fsp3) is 0.167. The second-order valence-corrected chi connectivity index (χ2v) is 3.54. The summed E-state index contributed by atoms with van der Waals surface area (Å²) in [5, 5.41) is 15.1. The van der Waals surface area contributed by atoms with Crippen LogP contribution in [-0.2, 0) is 11.3 Å². The minimum atomic E-state index is -0.896. The van der Waals surface area contributed by atoms with Crippen molar-refractivity contribution in [3.05, 3.63) is 42.2 Å². The molecule has 1 aromatic carbocycles. The number of hydrogen-bond donors (Lipinski definition) is 2. The first-order valence-electron chi connectivity index (χ1n) is 5.19. The molecule has 1 heterocycles. The predicted octanol–water partition coefficient (Wildman–Crippen LogP) is 1.52. The van der Waals surface area contributed by atoms with E-state index in [9.17, 15) is 4.79 Å². The van der Waals surface area contributed by atoms with Gasteiger partial charge in [-0.25, -0.2) is 0 Å². The molecule has 0 radical (unpaired) electrons. The van der Waals surface area contributed by atoms with Gasteiger partial charge >= 0.3 is 5.97 Å². The Kier molecular flexibility index (Phi) is 3.52. The predicted molar refractivity (Wildman–Crippen MR) is 61.3 cm³/mol. The van der Waals surface area contributed by atoms with Gasteiger partial charge in [0.05, 0.1) is 13.1 Å². The van der Waals surface area contributed by atoms with E-state index in [0.717, 1.165) is 11.3 Å². The second-order valence-electron chi connectivity index (χ2n) is 3.54. The monoisotopic (exact) mass is 232 g/mol. The van der Waals surface area contributed by atoms with Crippen LogP contribution in [0.1, 0.15) is 5.76 Å². The van der Waals surface area contributed by atoms with Gasteiger partial charge in [-0.05, 0) is 0 Å². The Balaban J connectivity index is 1.99. The molecular weight excluding hydrogens is 220 g/mol. The molecule has 0 saturated carbocycles. The van der Waals surface area contributed by atoms with Gasteiger partial charge in [0.1, 0.15) is 5.69 Å². The lowest BCUT2D eigenvalue weighted by Crippen LogP contribution is -2.21. The normalized spacial score (nSPS) is 10.4. The van der Waals surface area contributed by atoms with Crippen molar-refractivity contribution in [3.63, 3.8) is 0 Å². The molecule has 0 fully saturated rings. The van der Waals surface area contributed by atoms with Crippen LogP contribution in [0.15, 0.2) is 40.9 Å². The summed E-state index contributed by atoms with van der Waals surface area (Å²) in [6, 6.07) is 11.4. The summed E-state index contributed by atoms with van der Waals surface area (Å²) in [5.74, 6) is -0.280. The molecule has 5 nitrogen and oxygen atoms in total. The number of carboxylic acids is 1. The van der Waals surface area contributed by atoms with Gasteiger partial charge in [-0.3, -0.25) is 10.1 Å². The Morgan fingerprint density at radius 1 is 1.35 bits per heavy atom. The van der Waals surface area contributed by atoms with E-state index in [-0.39, 0.29) is 6.54 Å². The number of carboxylic acid groups (broad SMARTS) is 1. The Hall–Kier alpha value is -2.14. The number of carbonyl (C=O) groups is 1. The number of nitrogens with one attached hydrogen (secondary N) is 1. The molecule has 17 heavy (non-hydrogen) atoms. The molecule has 0 aliphatic rings. The number of benzene rings is 1. The fourth-order valence-corrected chi connectivity index (χ4v) is 1.43. The van der Waals surface area contributed by atoms with Crippen LogP contribution in [0.2, 0.25) is 0 Å². The molecule has 0 unspecified atom stereocenters. The van der Waals surface area contributed by atoms with Crippen molar-refractivity contribution < 1.29 is 14.4 Å². The van der Waals surface area contributed by atoms with Crippen molar-refractivity contribution in [2.45, 2.75) is 6.54 Å². The zero-order valence-electron chi connectivity index (χ0n) is 9.09. The van der Waals surface area contributed by atoms with Crippen LogP contribution in [0, 0.1) is 0 Å². The third-order valence-corrected chi connectivity index (χ3v) is 2.20. The zero-order chi connectivity index (χ0) is 12.1. The van der Waals surface area contributed by atoms with E-state index in [0.29, 0.717) is 12.3 Å². The van der Waals surface area contributed by atoms with Crippen LogP contribution >= 0.6 is 0 Å². The number of nitrogens with zero attached hydrogens (tertiary/aromatic N) is 1. The number of aliphatic carboxylic acids is 1. The maximum Gasteiger partial charge on any atom is 0.317 e. The Labute approximate surface area is 98.1 Å². The highest BCUT2D eigenvalue weighted by atomic mass is 16.5. The molecule has 0 spiro atoms. The van der Waals surface area contributed by atoms with Gasteiger partial charge in [0, 0.05) is 11.6 Å². The molecule has 0 aliphatic heterocycles. The highest BCUT2D eigenvalue weighted by Gasteiger charge is 2.06. The van der Waals surface area contributed by atoms with Gasteiger partial charge in [-0.1, -0.05) is 35.5 Å². The van der Waals surface area contributed by atoms with Crippen LogP contribution in [0.5, 0.6) is 0 Å². The van der Waals surface area contributed by atoms with E-state index in [1.54, 1.807) is 6.07 Å². The van der Waals surface area contributed by atoms with Gasteiger partial charge < -0.3 is 9.63 Å². The van der Waals surface area contributed by atoms with Crippen molar-refractivity contribution in [2.75, 3.05) is 6.54 Å². The number of aromatic nitrogens is 1. The third-order valence-electron chi connectivity index (χ3n) is 2.20. The van der Waals surface area contributed by atoms with E-state index < -0.39 is 5.97 Å². The van der Waals surface area contributed by atoms with Crippen molar-refractivity contribution in [3.8, 4) is 11.3 Å². The first kappa shape index (κ1) is 11.3. The molecule has 2 N–H and O–H groups in total. The van der Waals surface area contributed by atoms with Crippen molar-refractivity contribution in [2.24, 2.45) is 0 Å². The third kappa shape index (κ3) is 3.15. The number of hydrogen-bond acceptors (Lipinski definition) is 4.